The van der Waals surface area contributed by atoms with E-state index in [1.165, 1.54) is 0 Å². The molecule has 2 rings (SSSR count). The van der Waals surface area contributed by atoms with Crippen molar-refractivity contribution in [3.05, 3.63) is 54.6 Å². The second kappa shape index (κ2) is 9.75. The van der Waals surface area contributed by atoms with Crippen LogP contribution in [0.1, 0.15) is 27.2 Å². The Kier molecular flexibility index (Phi) is 7.40. The van der Waals surface area contributed by atoms with Gasteiger partial charge in [-0.1, -0.05) is 18.2 Å². The van der Waals surface area contributed by atoms with Crippen LogP contribution in [0.15, 0.2) is 54.6 Å². The summed E-state index contributed by atoms with van der Waals surface area (Å²) in [6.07, 6.45) is -0.645. The predicted octanol–water partition coefficient (Wildman–Crippen LogP) is 3.69. The van der Waals surface area contributed by atoms with Crippen LogP contribution in [0.2, 0.25) is 0 Å². The Hall–Kier alpha value is -3.06. The Morgan fingerprint density at radius 1 is 1.00 bits per heavy atom. The number of benzene rings is 2. The average Bonchev–Trinajstić information content (AvgIpc) is 2.62. The quantitative estimate of drug-likeness (QED) is 0.674. The number of ether oxygens (including phenoxy) is 2. The van der Waals surface area contributed by atoms with E-state index < -0.39 is 23.6 Å². The lowest BCUT2D eigenvalue weighted by Crippen LogP contribution is -2.46. The molecular weight excluding hydrogens is 360 g/mol. The van der Waals surface area contributed by atoms with Crippen molar-refractivity contribution in [1.29, 1.82) is 0 Å². The summed E-state index contributed by atoms with van der Waals surface area (Å²) in [7, 11) is 0. The van der Waals surface area contributed by atoms with Gasteiger partial charge in [0.05, 0.1) is 0 Å². The molecule has 0 saturated heterocycles. The number of aliphatic hydroxyl groups excluding tert-OH is 1. The van der Waals surface area contributed by atoms with Crippen molar-refractivity contribution in [3.63, 3.8) is 0 Å². The third-order valence-electron chi connectivity index (χ3n) is 3.53. The topological polar surface area (TPSA) is 96.9 Å². The Labute approximate surface area is 164 Å². The highest BCUT2D eigenvalue weighted by molar-refractivity contribution is 5.96. The molecule has 1 atom stereocenters. The van der Waals surface area contributed by atoms with Gasteiger partial charge in [-0.2, -0.15) is 0 Å². The summed E-state index contributed by atoms with van der Waals surface area (Å²) in [6.45, 7) is 4.93. The second-order valence-corrected chi connectivity index (χ2v) is 7.14. The van der Waals surface area contributed by atoms with Gasteiger partial charge in [0.1, 0.15) is 23.1 Å². The van der Waals surface area contributed by atoms with E-state index in [1.54, 1.807) is 45.0 Å². The number of para-hydroxylation sites is 1. The molecule has 0 heterocycles. The van der Waals surface area contributed by atoms with Crippen molar-refractivity contribution < 1.29 is 24.2 Å². The molecule has 2 amide bonds. The Bertz CT molecular complexity index is 770. The summed E-state index contributed by atoms with van der Waals surface area (Å²) < 4.78 is 10.9. The monoisotopic (exact) mass is 386 g/mol. The number of rotatable bonds is 7. The van der Waals surface area contributed by atoms with E-state index in [2.05, 4.69) is 10.6 Å². The molecule has 2 aromatic carbocycles. The van der Waals surface area contributed by atoms with Crippen LogP contribution >= 0.6 is 0 Å². The zero-order chi connectivity index (χ0) is 20.6. The Morgan fingerprint density at radius 2 is 1.61 bits per heavy atom. The van der Waals surface area contributed by atoms with Gasteiger partial charge in [-0.3, -0.25) is 4.79 Å². The molecule has 0 aliphatic heterocycles. The molecule has 0 spiro atoms. The van der Waals surface area contributed by atoms with Crippen LogP contribution in [-0.2, 0) is 9.53 Å². The lowest BCUT2D eigenvalue weighted by Gasteiger charge is -2.23. The largest absolute Gasteiger partial charge is 0.457 e. The van der Waals surface area contributed by atoms with Crippen LogP contribution < -0.4 is 15.4 Å². The van der Waals surface area contributed by atoms with Gasteiger partial charge in [-0.05, 0) is 63.6 Å². The molecule has 28 heavy (non-hydrogen) atoms. The first kappa shape index (κ1) is 21.2. The fourth-order valence-corrected chi connectivity index (χ4v) is 2.31. The SMILES string of the molecule is CC(C)(C)OC(=O)N[C@@H](CCO)C(=O)Nc1ccc(Oc2ccccc2)cc1. The molecule has 0 saturated carbocycles. The highest BCUT2D eigenvalue weighted by Crippen LogP contribution is 2.22. The van der Waals surface area contributed by atoms with Crippen LogP contribution in [0.3, 0.4) is 0 Å². The molecule has 2 aromatic rings. The number of hydrogen-bond donors (Lipinski definition) is 3. The lowest BCUT2D eigenvalue weighted by molar-refractivity contribution is -0.118. The molecule has 0 aliphatic carbocycles. The molecular formula is C21H26N2O5. The van der Waals surface area contributed by atoms with Gasteiger partial charge in [0, 0.05) is 12.3 Å². The molecule has 7 nitrogen and oxygen atoms in total. The van der Waals surface area contributed by atoms with Crippen LogP contribution in [0, 0.1) is 0 Å². The third-order valence-corrected chi connectivity index (χ3v) is 3.53. The number of carbonyl (C=O) groups is 2. The molecule has 7 heteroatoms. The average molecular weight is 386 g/mol. The van der Waals surface area contributed by atoms with E-state index in [0.717, 1.165) is 0 Å². The highest BCUT2D eigenvalue weighted by atomic mass is 16.6. The molecule has 0 bridgehead atoms. The van der Waals surface area contributed by atoms with E-state index in [0.29, 0.717) is 17.2 Å². The minimum absolute atomic E-state index is 0.0697. The smallest absolute Gasteiger partial charge is 0.408 e. The Balaban J connectivity index is 1.95. The summed E-state index contributed by atoms with van der Waals surface area (Å²) in [5, 5.41) is 14.4. The number of aliphatic hydroxyl groups is 1. The lowest BCUT2D eigenvalue weighted by atomic mass is 10.2. The minimum Gasteiger partial charge on any atom is -0.457 e. The van der Waals surface area contributed by atoms with Crippen LogP contribution in [0.4, 0.5) is 10.5 Å². The maximum absolute atomic E-state index is 12.5. The number of anilines is 1. The third kappa shape index (κ3) is 7.28. The van der Waals surface area contributed by atoms with E-state index in [4.69, 9.17) is 9.47 Å². The minimum atomic E-state index is -0.917. The first-order valence-corrected chi connectivity index (χ1v) is 9.01. The van der Waals surface area contributed by atoms with Gasteiger partial charge in [-0.25, -0.2) is 4.79 Å². The first-order valence-electron chi connectivity index (χ1n) is 9.01. The molecule has 0 unspecified atom stereocenters. The van der Waals surface area contributed by atoms with Crippen molar-refractivity contribution in [3.8, 4) is 11.5 Å². The van der Waals surface area contributed by atoms with Gasteiger partial charge < -0.3 is 25.2 Å². The summed E-state index contributed by atoms with van der Waals surface area (Å²) in [5.41, 5.74) is -0.141. The number of alkyl carbamates (subject to hydrolysis) is 1. The van der Waals surface area contributed by atoms with Crippen molar-refractivity contribution in [1.82, 2.24) is 5.32 Å². The zero-order valence-corrected chi connectivity index (χ0v) is 16.3. The standard InChI is InChI=1S/C21H26N2O5/c1-21(2,3)28-20(26)23-18(13-14-24)19(25)22-15-9-11-17(12-10-15)27-16-7-5-4-6-8-16/h4-12,18,24H,13-14H2,1-3H3,(H,22,25)(H,23,26)/t18-/m0/s1. The maximum atomic E-state index is 12.5. The van der Waals surface area contributed by atoms with E-state index in [1.807, 2.05) is 30.3 Å². The highest BCUT2D eigenvalue weighted by Gasteiger charge is 2.24. The first-order chi connectivity index (χ1) is 13.3. The van der Waals surface area contributed by atoms with Gasteiger partial charge in [0.2, 0.25) is 5.91 Å². The molecule has 0 fully saturated rings. The molecule has 150 valence electrons. The summed E-state index contributed by atoms with van der Waals surface area (Å²) in [5.74, 6) is 0.892. The van der Waals surface area contributed by atoms with Gasteiger partial charge in [0.15, 0.2) is 0 Å². The fraction of sp³-hybridized carbons (Fsp3) is 0.333. The van der Waals surface area contributed by atoms with Crippen LogP contribution in [0.5, 0.6) is 11.5 Å². The van der Waals surface area contributed by atoms with Crippen LogP contribution in [-0.4, -0.2) is 35.4 Å². The number of carbonyl (C=O) groups excluding carboxylic acids is 2. The number of nitrogens with one attached hydrogen (secondary N) is 2. The van der Waals surface area contributed by atoms with Gasteiger partial charge in [-0.15, -0.1) is 0 Å². The van der Waals surface area contributed by atoms with Crippen molar-refractivity contribution >= 4 is 17.7 Å². The normalized spacial score (nSPS) is 12.0. The summed E-state index contributed by atoms with van der Waals surface area (Å²) in [4.78, 5) is 24.4. The predicted molar refractivity (Wildman–Crippen MR) is 106 cm³/mol. The number of amides is 2. The maximum Gasteiger partial charge on any atom is 0.408 e. The van der Waals surface area contributed by atoms with Crippen molar-refractivity contribution in [2.75, 3.05) is 11.9 Å². The number of hydrogen-bond acceptors (Lipinski definition) is 5. The molecule has 0 radical (unpaired) electrons. The molecule has 0 aliphatic rings. The van der Waals surface area contributed by atoms with E-state index in [9.17, 15) is 14.7 Å². The molecule has 3 N–H and O–H groups in total. The van der Waals surface area contributed by atoms with Gasteiger partial charge >= 0.3 is 6.09 Å². The molecule has 0 aromatic heterocycles. The Morgan fingerprint density at radius 3 is 2.18 bits per heavy atom. The van der Waals surface area contributed by atoms with E-state index in [-0.39, 0.29) is 13.0 Å². The van der Waals surface area contributed by atoms with Crippen molar-refractivity contribution in [2.24, 2.45) is 0 Å². The summed E-state index contributed by atoms with van der Waals surface area (Å²) >= 11 is 0. The summed E-state index contributed by atoms with van der Waals surface area (Å²) in [6, 6.07) is 15.3. The second-order valence-electron chi connectivity index (χ2n) is 7.14. The van der Waals surface area contributed by atoms with Gasteiger partial charge in [0.25, 0.3) is 0 Å². The van der Waals surface area contributed by atoms with Crippen LogP contribution in [0.25, 0.3) is 0 Å². The zero-order valence-electron chi connectivity index (χ0n) is 16.3. The fourth-order valence-electron chi connectivity index (χ4n) is 2.31. The van der Waals surface area contributed by atoms with Crippen molar-refractivity contribution in [2.45, 2.75) is 38.8 Å². The van der Waals surface area contributed by atoms with E-state index >= 15 is 0 Å².